The summed E-state index contributed by atoms with van der Waals surface area (Å²) in [5, 5.41) is 10.4. The molecule has 0 aliphatic carbocycles. The van der Waals surface area contributed by atoms with Gasteiger partial charge in [-0.1, -0.05) is 0 Å². The fraction of sp³-hybridized carbons (Fsp3) is 0.500. The standard InChI is InChI=1S/C4H6ClN3O/c5-1-2-8-3-4(6)9-7-8/h3,6H,1-2H2. The highest BCUT2D eigenvalue weighted by Gasteiger charge is 1.91. The van der Waals surface area contributed by atoms with Crippen molar-refractivity contribution in [2.45, 2.75) is 6.54 Å². The Morgan fingerprint density at radius 2 is 2.67 bits per heavy atom. The van der Waals surface area contributed by atoms with Crippen LogP contribution >= 0.6 is 11.6 Å². The molecule has 0 unspecified atom stereocenters. The summed E-state index contributed by atoms with van der Waals surface area (Å²) in [7, 11) is 0. The molecule has 1 rings (SSSR count). The molecule has 4 nitrogen and oxygen atoms in total. The largest absolute Gasteiger partial charge is 0.487 e. The van der Waals surface area contributed by atoms with Crippen LogP contribution in [0.4, 0.5) is 0 Å². The Morgan fingerprint density at radius 3 is 3.11 bits per heavy atom. The molecule has 0 fully saturated rings. The molecule has 9 heavy (non-hydrogen) atoms. The molecule has 0 saturated carbocycles. The quantitative estimate of drug-likeness (QED) is 0.442. The van der Waals surface area contributed by atoms with Crippen LogP contribution < -0.4 is 15.5 Å². The number of hydrogen-bond donors (Lipinski definition) is 1. The first kappa shape index (κ1) is 6.35. The second kappa shape index (κ2) is 2.68. The normalized spacial score (nSPS) is 9.89. The third-order valence-corrected chi connectivity index (χ3v) is 0.993. The van der Waals surface area contributed by atoms with Crippen molar-refractivity contribution in [3.8, 4) is 0 Å². The molecule has 50 valence electrons. The van der Waals surface area contributed by atoms with E-state index in [9.17, 15) is 0 Å². The van der Waals surface area contributed by atoms with Gasteiger partial charge in [0.1, 0.15) is 0 Å². The van der Waals surface area contributed by atoms with Crippen molar-refractivity contribution in [2.75, 3.05) is 5.88 Å². The summed E-state index contributed by atoms with van der Waals surface area (Å²) in [4.78, 5) is 0. The van der Waals surface area contributed by atoms with E-state index in [1.165, 1.54) is 10.9 Å². The van der Waals surface area contributed by atoms with Crippen LogP contribution in [0.3, 0.4) is 0 Å². The van der Waals surface area contributed by atoms with E-state index in [1.807, 2.05) is 0 Å². The molecule has 1 heterocycles. The molecule has 0 aliphatic heterocycles. The Morgan fingerprint density at radius 1 is 1.89 bits per heavy atom. The Balaban J connectivity index is 2.73. The maximum absolute atomic E-state index is 6.90. The molecule has 0 aromatic carbocycles. The zero-order valence-electron chi connectivity index (χ0n) is 4.67. The van der Waals surface area contributed by atoms with Crippen LogP contribution in [0.5, 0.6) is 0 Å². The predicted molar refractivity (Wildman–Crippen MR) is 28.8 cm³/mol. The van der Waals surface area contributed by atoms with Crippen molar-refractivity contribution in [3.63, 3.8) is 0 Å². The van der Waals surface area contributed by atoms with Crippen molar-refractivity contribution in [3.05, 3.63) is 11.8 Å². The Labute approximate surface area is 56.5 Å². The molecule has 5 heteroatoms. The number of halogens is 1. The highest BCUT2D eigenvalue weighted by Crippen LogP contribution is 1.69. The van der Waals surface area contributed by atoms with Crippen LogP contribution in [-0.2, 0) is 6.54 Å². The summed E-state index contributed by atoms with van der Waals surface area (Å²) in [6, 6.07) is 0. The molecular weight excluding hydrogens is 142 g/mol. The van der Waals surface area contributed by atoms with Crippen molar-refractivity contribution in [1.29, 1.82) is 5.41 Å². The molecule has 0 bridgehead atoms. The lowest BCUT2D eigenvalue weighted by Gasteiger charge is -1.89. The number of rotatable bonds is 2. The van der Waals surface area contributed by atoms with Gasteiger partial charge in [0, 0.05) is 0 Å². The maximum atomic E-state index is 6.90. The first-order valence-electron chi connectivity index (χ1n) is 2.47. The highest BCUT2D eigenvalue weighted by atomic mass is 35.5. The summed E-state index contributed by atoms with van der Waals surface area (Å²) in [6.45, 7) is 0.587. The van der Waals surface area contributed by atoms with Gasteiger partial charge in [-0.3, -0.25) is 10.7 Å². The lowest BCUT2D eigenvalue weighted by Crippen LogP contribution is -2.37. The fourth-order valence-corrected chi connectivity index (χ4v) is 0.644. The van der Waals surface area contributed by atoms with Gasteiger partial charge in [-0.25, -0.2) is 4.68 Å². The molecule has 0 atom stereocenters. The van der Waals surface area contributed by atoms with Gasteiger partial charge in [0.05, 0.1) is 5.88 Å². The van der Waals surface area contributed by atoms with E-state index in [0.29, 0.717) is 12.4 Å². The minimum Gasteiger partial charge on any atom is -0.487 e. The van der Waals surface area contributed by atoms with Gasteiger partial charge < -0.3 is 4.52 Å². The second-order valence-corrected chi connectivity index (χ2v) is 1.90. The minimum atomic E-state index is 0.0557. The van der Waals surface area contributed by atoms with Gasteiger partial charge in [-0.05, 0) is 0 Å². The third-order valence-electron chi connectivity index (χ3n) is 0.824. The predicted octanol–water partition coefficient (Wildman–Crippen LogP) is -0.757. The van der Waals surface area contributed by atoms with E-state index < -0.39 is 0 Å². The smallest absolute Gasteiger partial charge is 0.264 e. The van der Waals surface area contributed by atoms with E-state index in [-0.39, 0.29) is 5.55 Å². The molecule has 0 spiro atoms. The summed E-state index contributed by atoms with van der Waals surface area (Å²) >= 11 is 5.38. The molecule has 1 aromatic rings. The Hall–Kier alpha value is -0.770. The van der Waals surface area contributed by atoms with Crippen molar-refractivity contribution in [2.24, 2.45) is 0 Å². The van der Waals surface area contributed by atoms with Gasteiger partial charge in [-0.15, -0.1) is 11.6 Å². The van der Waals surface area contributed by atoms with E-state index in [1.54, 1.807) is 0 Å². The summed E-state index contributed by atoms with van der Waals surface area (Å²) in [5.41, 5.74) is 0.0557. The van der Waals surface area contributed by atoms with E-state index in [2.05, 4.69) is 9.79 Å². The Kier molecular flexibility index (Phi) is 1.89. The first-order valence-corrected chi connectivity index (χ1v) is 3.00. The number of aromatic nitrogens is 2. The highest BCUT2D eigenvalue weighted by molar-refractivity contribution is 6.17. The number of aryl methyl sites for hydroxylation is 1. The maximum Gasteiger partial charge on any atom is 0.264 e. The number of nitrogens with one attached hydrogen (secondary N) is 1. The second-order valence-electron chi connectivity index (χ2n) is 1.52. The molecule has 0 amide bonds. The number of alkyl halides is 1. The van der Waals surface area contributed by atoms with Gasteiger partial charge in [0.15, 0.2) is 6.54 Å². The fourth-order valence-electron chi connectivity index (χ4n) is 0.471. The van der Waals surface area contributed by atoms with Crippen LogP contribution in [0.25, 0.3) is 0 Å². The average molecular weight is 148 g/mol. The number of hydrogen-bond acceptors (Lipinski definition) is 2. The van der Waals surface area contributed by atoms with E-state index >= 15 is 0 Å². The zero-order valence-corrected chi connectivity index (χ0v) is 5.43. The summed E-state index contributed by atoms with van der Waals surface area (Å²) < 4.78 is 5.92. The topological polar surface area (TPSA) is 55.0 Å². The molecule has 0 saturated heterocycles. The summed E-state index contributed by atoms with van der Waals surface area (Å²) in [5.74, 6) is 0.483. The van der Waals surface area contributed by atoms with Crippen LogP contribution in [0.15, 0.2) is 10.7 Å². The van der Waals surface area contributed by atoms with Crippen molar-refractivity contribution >= 4 is 11.6 Å². The van der Waals surface area contributed by atoms with Crippen molar-refractivity contribution < 1.29 is 9.20 Å². The van der Waals surface area contributed by atoms with Crippen molar-refractivity contribution in [1.82, 2.24) is 5.27 Å². The number of nitrogens with zero attached hydrogens (tertiary/aromatic N) is 2. The van der Waals surface area contributed by atoms with Crippen LogP contribution in [0, 0.1) is 5.41 Å². The molecular formula is C4H6ClN3O. The molecule has 1 N–H and O–H groups in total. The van der Waals surface area contributed by atoms with E-state index in [0.717, 1.165) is 0 Å². The lowest BCUT2D eigenvalue weighted by atomic mass is 10.7. The first-order chi connectivity index (χ1) is 4.33. The van der Waals surface area contributed by atoms with E-state index in [4.69, 9.17) is 17.0 Å². The SMILES string of the molecule is N=c1c[n+](CCCl)[n-]o1. The minimum absolute atomic E-state index is 0.0557. The van der Waals surface area contributed by atoms with Crippen LogP contribution in [0.1, 0.15) is 0 Å². The van der Waals surface area contributed by atoms with Crippen LogP contribution in [0.2, 0.25) is 0 Å². The van der Waals surface area contributed by atoms with Gasteiger partial charge in [0.2, 0.25) is 6.20 Å². The molecule has 0 aliphatic rings. The average Bonchev–Trinajstić information content (AvgIpc) is 2.17. The molecule has 0 radical (unpaired) electrons. The van der Waals surface area contributed by atoms with Gasteiger partial charge in [-0.2, -0.15) is 0 Å². The van der Waals surface area contributed by atoms with Gasteiger partial charge in [0.25, 0.3) is 5.55 Å². The zero-order chi connectivity index (χ0) is 6.69. The summed E-state index contributed by atoms with van der Waals surface area (Å²) in [6.07, 6.45) is 1.47. The van der Waals surface area contributed by atoms with Gasteiger partial charge >= 0.3 is 0 Å². The van der Waals surface area contributed by atoms with Crippen LogP contribution in [-0.4, -0.2) is 5.88 Å². The monoisotopic (exact) mass is 147 g/mol. The molecule has 1 aromatic heterocycles. The Bertz CT molecular complexity index is 228. The third kappa shape index (κ3) is 1.57. The lowest BCUT2D eigenvalue weighted by molar-refractivity contribution is -0.763.